The Morgan fingerprint density at radius 1 is 0.700 bits per heavy atom. The molecule has 1 heterocycles. The molecule has 20 heavy (non-hydrogen) atoms. The Morgan fingerprint density at radius 2 is 1.10 bits per heavy atom. The molecule has 1 aliphatic rings. The zero-order valence-corrected chi connectivity index (χ0v) is 12.3. The lowest BCUT2D eigenvalue weighted by atomic mass is 9.96. The van der Waals surface area contributed by atoms with Gasteiger partial charge in [-0.1, -0.05) is 47.5 Å². The van der Waals surface area contributed by atoms with Crippen molar-refractivity contribution < 1.29 is 9.47 Å². The predicted octanol–water partition coefficient (Wildman–Crippen LogP) is 4.63. The van der Waals surface area contributed by atoms with Gasteiger partial charge in [-0.05, 0) is 30.7 Å². The summed E-state index contributed by atoms with van der Waals surface area (Å²) in [5.74, 6) is -0.868. The summed E-state index contributed by atoms with van der Waals surface area (Å²) < 4.78 is 12.0. The van der Waals surface area contributed by atoms with Crippen LogP contribution in [0.2, 0.25) is 10.0 Å². The van der Waals surface area contributed by atoms with Crippen LogP contribution in [0.3, 0.4) is 0 Å². The zero-order chi connectivity index (χ0) is 14.0. The molecule has 2 aromatic rings. The van der Waals surface area contributed by atoms with E-state index in [4.69, 9.17) is 32.7 Å². The summed E-state index contributed by atoms with van der Waals surface area (Å²) in [5, 5.41) is 1.38. The normalized spacial score (nSPS) is 17.9. The van der Waals surface area contributed by atoms with Gasteiger partial charge in [-0.2, -0.15) is 0 Å². The fraction of sp³-hybridized carbons (Fsp3) is 0.250. The Morgan fingerprint density at radius 3 is 1.50 bits per heavy atom. The van der Waals surface area contributed by atoms with Crippen molar-refractivity contribution in [2.45, 2.75) is 12.2 Å². The first kappa shape index (κ1) is 13.9. The number of hydrogen-bond acceptors (Lipinski definition) is 2. The molecule has 0 spiro atoms. The summed E-state index contributed by atoms with van der Waals surface area (Å²) in [6.07, 6.45) is 0.892. The van der Waals surface area contributed by atoms with Crippen molar-refractivity contribution in [3.05, 3.63) is 69.7 Å². The number of hydrogen-bond donors (Lipinski definition) is 0. The molecule has 0 N–H and O–H groups in total. The first-order valence-electron chi connectivity index (χ1n) is 6.51. The maximum Gasteiger partial charge on any atom is 0.222 e. The van der Waals surface area contributed by atoms with Crippen LogP contribution in [0.4, 0.5) is 0 Å². The maximum absolute atomic E-state index is 6.01. The smallest absolute Gasteiger partial charge is 0.222 e. The first-order valence-corrected chi connectivity index (χ1v) is 7.26. The van der Waals surface area contributed by atoms with Crippen LogP contribution in [0.1, 0.15) is 17.5 Å². The van der Waals surface area contributed by atoms with Crippen LogP contribution in [0, 0.1) is 0 Å². The van der Waals surface area contributed by atoms with E-state index in [-0.39, 0.29) is 0 Å². The fourth-order valence-corrected chi connectivity index (χ4v) is 2.62. The van der Waals surface area contributed by atoms with E-state index in [9.17, 15) is 0 Å². The van der Waals surface area contributed by atoms with Crippen molar-refractivity contribution in [1.82, 2.24) is 0 Å². The molecule has 3 rings (SSSR count). The summed E-state index contributed by atoms with van der Waals surface area (Å²) in [6.45, 7) is 1.32. The first-order chi connectivity index (χ1) is 9.71. The Balaban J connectivity index is 2.08. The van der Waals surface area contributed by atoms with Gasteiger partial charge in [0.15, 0.2) is 0 Å². The molecule has 1 fully saturated rings. The zero-order valence-electron chi connectivity index (χ0n) is 10.8. The van der Waals surface area contributed by atoms with Crippen molar-refractivity contribution in [2.24, 2.45) is 0 Å². The molecule has 1 saturated heterocycles. The van der Waals surface area contributed by atoms with E-state index in [1.807, 2.05) is 48.5 Å². The predicted molar refractivity (Wildman–Crippen MR) is 80.2 cm³/mol. The molecule has 0 aromatic heterocycles. The molecule has 0 unspecified atom stereocenters. The highest BCUT2D eigenvalue weighted by Gasteiger charge is 2.38. The van der Waals surface area contributed by atoms with Crippen LogP contribution < -0.4 is 0 Å². The quantitative estimate of drug-likeness (QED) is 0.805. The van der Waals surface area contributed by atoms with Crippen LogP contribution in [0.25, 0.3) is 0 Å². The molecule has 1 aliphatic heterocycles. The van der Waals surface area contributed by atoms with Gasteiger partial charge in [-0.15, -0.1) is 0 Å². The van der Waals surface area contributed by atoms with E-state index < -0.39 is 5.79 Å². The minimum atomic E-state index is -0.868. The SMILES string of the molecule is Clc1ccc(C2(c3ccc(Cl)cc3)OCCCO2)cc1. The van der Waals surface area contributed by atoms with Crippen molar-refractivity contribution in [1.29, 1.82) is 0 Å². The molecule has 0 radical (unpaired) electrons. The summed E-state index contributed by atoms with van der Waals surface area (Å²) in [5.41, 5.74) is 1.87. The third-order valence-electron chi connectivity index (χ3n) is 3.35. The largest absolute Gasteiger partial charge is 0.342 e. The molecule has 4 heteroatoms. The Bertz CT molecular complexity index is 525. The fourth-order valence-electron chi connectivity index (χ4n) is 2.37. The maximum atomic E-state index is 6.01. The number of ether oxygens (including phenoxy) is 2. The molecule has 0 bridgehead atoms. The van der Waals surface area contributed by atoms with E-state index in [1.54, 1.807) is 0 Å². The number of rotatable bonds is 2. The van der Waals surface area contributed by atoms with Crippen molar-refractivity contribution in [3.63, 3.8) is 0 Å². The van der Waals surface area contributed by atoms with Crippen LogP contribution in [-0.4, -0.2) is 13.2 Å². The van der Waals surface area contributed by atoms with E-state index in [0.29, 0.717) is 23.3 Å². The molecule has 0 saturated carbocycles. The van der Waals surface area contributed by atoms with E-state index >= 15 is 0 Å². The lowest BCUT2D eigenvalue weighted by Crippen LogP contribution is -2.39. The second-order valence-corrected chi connectivity index (χ2v) is 5.55. The van der Waals surface area contributed by atoms with Crippen LogP contribution in [0.5, 0.6) is 0 Å². The molecule has 0 aliphatic carbocycles. The van der Waals surface area contributed by atoms with Crippen molar-refractivity contribution in [3.8, 4) is 0 Å². The third kappa shape index (κ3) is 2.57. The Kier molecular flexibility index (Phi) is 3.99. The average molecular weight is 309 g/mol. The molecule has 104 valence electrons. The van der Waals surface area contributed by atoms with E-state index in [2.05, 4.69) is 0 Å². The lowest BCUT2D eigenvalue weighted by molar-refractivity contribution is -0.249. The van der Waals surface area contributed by atoms with Gasteiger partial charge in [-0.3, -0.25) is 0 Å². The summed E-state index contributed by atoms with van der Waals surface area (Å²) >= 11 is 11.9. The monoisotopic (exact) mass is 308 g/mol. The van der Waals surface area contributed by atoms with Gasteiger partial charge in [0.2, 0.25) is 5.79 Å². The van der Waals surface area contributed by atoms with Gasteiger partial charge in [0.25, 0.3) is 0 Å². The molecule has 0 amide bonds. The Hall–Kier alpha value is -1.06. The van der Waals surface area contributed by atoms with E-state index in [0.717, 1.165) is 17.5 Å². The molecule has 2 nitrogen and oxygen atoms in total. The van der Waals surface area contributed by atoms with Gasteiger partial charge < -0.3 is 9.47 Å². The van der Waals surface area contributed by atoms with Crippen molar-refractivity contribution >= 4 is 23.2 Å². The molecule has 2 aromatic carbocycles. The van der Waals surface area contributed by atoms with Crippen molar-refractivity contribution in [2.75, 3.05) is 13.2 Å². The van der Waals surface area contributed by atoms with Gasteiger partial charge in [0.1, 0.15) is 0 Å². The van der Waals surface area contributed by atoms with E-state index in [1.165, 1.54) is 0 Å². The van der Waals surface area contributed by atoms with Gasteiger partial charge in [0.05, 0.1) is 13.2 Å². The second-order valence-electron chi connectivity index (χ2n) is 4.68. The van der Waals surface area contributed by atoms with Gasteiger partial charge >= 0.3 is 0 Å². The average Bonchev–Trinajstić information content (AvgIpc) is 2.49. The van der Waals surface area contributed by atoms with Crippen LogP contribution in [0.15, 0.2) is 48.5 Å². The minimum absolute atomic E-state index is 0.658. The van der Waals surface area contributed by atoms with Crippen LogP contribution >= 0.6 is 23.2 Å². The molecular formula is C16H14Cl2O2. The Labute approximate surface area is 128 Å². The highest BCUT2D eigenvalue weighted by molar-refractivity contribution is 6.30. The summed E-state index contributed by atoms with van der Waals surface area (Å²) in [6, 6.07) is 15.1. The third-order valence-corrected chi connectivity index (χ3v) is 3.85. The number of benzene rings is 2. The summed E-state index contributed by atoms with van der Waals surface area (Å²) in [4.78, 5) is 0. The van der Waals surface area contributed by atoms with Gasteiger partial charge in [-0.25, -0.2) is 0 Å². The number of halogens is 2. The standard InChI is InChI=1S/C16H14Cl2O2/c17-14-6-2-12(3-7-14)16(19-10-1-11-20-16)13-4-8-15(18)9-5-13/h2-9H,1,10-11H2. The highest BCUT2D eigenvalue weighted by atomic mass is 35.5. The topological polar surface area (TPSA) is 18.5 Å². The highest BCUT2D eigenvalue weighted by Crippen LogP contribution is 2.38. The second kappa shape index (κ2) is 5.74. The van der Waals surface area contributed by atoms with Crippen LogP contribution in [-0.2, 0) is 15.3 Å². The van der Waals surface area contributed by atoms with Gasteiger partial charge in [0, 0.05) is 21.2 Å². The molecular weight excluding hydrogens is 295 g/mol. The lowest BCUT2D eigenvalue weighted by Gasteiger charge is -2.38. The summed E-state index contributed by atoms with van der Waals surface area (Å²) in [7, 11) is 0. The minimum Gasteiger partial charge on any atom is -0.342 e. The molecule has 0 atom stereocenters.